The van der Waals surface area contributed by atoms with Gasteiger partial charge in [-0.15, -0.1) is 0 Å². The van der Waals surface area contributed by atoms with Gasteiger partial charge in [0.15, 0.2) is 5.82 Å². The number of piperidine rings is 1. The standard InChI is InChI=1S/C18H23N5O4S/c1-21-11-10-17(19-21)23(28(26)27)15-8-12-22(13-9-15)16-5-3-2-4-14(16)6-7-18(24)20-25/h2-7,10-11,15,25H,8-9,12-13H2,1H3,(H,20,24)(H,26,27)/b7-6+. The fourth-order valence-corrected chi connectivity index (χ4v) is 4.10. The molecule has 2 aromatic rings. The van der Waals surface area contributed by atoms with Crippen LogP contribution < -0.4 is 14.7 Å². The molecule has 3 rings (SSSR count). The van der Waals surface area contributed by atoms with Crippen LogP contribution in [0.1, 0.15) is 18.4 Å². The fourth-order valence-electron chi connectivity index (χ4n) is 3.38. The Kier molecular flexibility index (Phi) is 6.45. The molecule has 1 saturated heterocycles. The Morgan fingerprint density at radius 1 is 1.32 bits per heavy atom. The molecule has 1 aliphatic heterocycles. The summed E-state index contributed by atoms with van der Waals surface area (Å²) in [4.78, 5) is 13.4. The topological polar surface area (TPSA) is 111 Å². The first-order valence-electron chi connectivity index (χ1n) is 8.85. The smallest absolute Gasteiger partial charge is 0.267 e. The molecule has 1 aliphatic rings. The van der Waals surface area contributed by atoms with Crippen LogP contribution in [0, 0.1) is 0 Å². The van der Waals surface area contributed by atoms with Gasteiger partial charge >= 0.3 is 0 Å². The second-order valence-electron chi connectivity index (χ2n) is 6.49. The zero-order valence-electron chi connectivity index (χ0n) is 15.4. The summed E-state index contributed by atoms with van der Waals surface area (Å²) >= 11 is -2.15. The van der Waals surface area contributed by atoms with E-state index in [9.17, 15) is 13.6 Å². The number of rotatable bonds is 6. The van der Waals surface area contributed by atoms with Gasteiger partial charge in [-0.05, 0) is 30.5 Å². The van der Waals surface area contributed by atoms with E-state index < -0.39 is 17.2 Å². The molecule has 0 radical (unpaired) electrons. The summed E-state index contributed by atoms with van der Waals surface area (Å²) in [6, 6.07) is 9.30. The van der Waals surface area contributed by atoms with Gasteiger partial charge in [0.05, 0.1) is 0 Å². The molecule has 9 nitrogen and oxygen atoms in total. The van der Waals surface area contributed by atoms with E-state index >= 15 is 0 Å². The highest BCUT2D eigenvalue weighted by Crippen LogP contribution is 2.29. The number of amides is 1. The third kappa shape index (κ3) is 4.58. The van der Waals surface area contributed by atoms with Crippen LogP contribution in [-0.4, -0.2) is 48.8 Å². The number of anilines is 2. The fraction of sp³-hybridized carbons (Fsp3) is 0.333. The van der Waals surface area contributed by atoms with Crippen molar-refractivity contribution in [2.75, 3.05) is 22.3 Å². The Bertz CT molecular complexity index is 876. The number of aryl methyl sites for hydroxylation is 1. The van der Waals surface area contributed by atoms with Crippen molar-refractivity contribution in [3.05, 3.63) is 48.2 Å². The third-order valence-electron chi connectivity index (χ3n) is 4.69. The van der Waals surface area contributed by atoms with E-state index in [1.54, 1.807) is 35.5 Å². The van der Waals surface area contributed by atoms with Gasteiger partial charge in [-0.25, -0.2) is 14.0 Å². The van der Waals surface area contributed by atoms with Gasteiger partial charge in [0, 0.05) is 50.2 Å². The third-order valence-corrected chi connectivity index (χ3v) is 5.51. The molecule has 1 aromatic carbocycles. The lowest BCUT2D eigenvalue weighted by atomic mass is 10.0. The zero-order valence-corrected chi connectivity index (χ0v) is 16.2. The highest BCUT2D eigenvalue weighted by Gasteiger charge is 2.30. The minimum atomic E-state index is -2.15. The maximum Gasteiger partial charge on any atom is 0.267 e. The van der Waals surface area contributed by atoms with E-state index in [2.05, 4.69) is 10.00 Å². The van der Waals surface area contributed by atoms with Crippen LogP contribution in [0.5, 0.6) is 0 Å². The van der Waals surface area contributed by atoms with E-state index in [1.165, 1.54) is 10.4 Å². The van der Waals surface area contributed by atoms with Crippen molar-refractivity contribution in [3.8, 4) is 0 Å². The van der Waals surface area contributed by atoms with E-state index in [4.69, 9.17) is 5.21 Å². The first-order chi connectivity index (χ1) is 13.5. The molecule has 1 aromatic heterocycles. The van der Waals surface area contributed by atoms with Gasteiger partial charge in [-0.1, -0.05) is 18.2 Å². The number of hydroxylamine groups is 1. The highest BCUT2D eigenvalue weighted by atomic mass is 32.2. The molecule has 1 amide bonds. The maximum atomic E-state index is 11.9. The molecule has 1 atom stereocenters. The average molecular weight is 405 g/mol. The van der Waals surface area contributed by atoms with Gasteiger partial charge < -0.3 is 4.90 Å². The SMILES string of the molecule is Cn1ccc(N(C2CCN(c3ccccc3/C=C/C(=O)NO)CC2)S(=O)O)n1. The summed E-state index contributed by atoms with van der Waals surface area (Å²) in [5.41, 5.74) is 3.40. The van der Waals surface area contributed by atoms with Crippen molar-refractivity contribution in [1.29, 1.82) is 0 Å². The number of carbonyl (C=O) groups is 1. The molecule has 1 fully saturated rings. The van der Waals surface area contributed by atoms with Crippen molar-refractivity contribution >= 4 is 34.8 Å². The molecule has 10 heteroatoms. The summed E-state index contributed by atoms with van der Waals surface area (Å²) in [5.74, 6) is -0.106. The predicted octanol–water partition coefficient (Wildman–Crippen LogP) is 1.55. The van der Waals surface area contributed by atoms with E-state index in [-0.39, 0.29) is 6.04 Å². The Morgan fingerprint density at radius 3 is 2.64 bits per heavy atom. The van der Waals surface area contributed by atoms with Crippen molar-refractivity contribution < 1.29 is 18.8 Å². The number of nitrogens with one attached hydrogen (secondary N) is 1. The minimum absolute atomic E-state index is 0.0974. The van der Waals surface area contributed by atoms with Crippen LogP contribution in [0.25, 0.3) is 6.08 Å². The lowest BCUT2D eigenvalue weighted by molar-refractivity contribution is -0.124. The Balaban J connectivity index is 1.72. The van der Waals surface area contributed by atoms with Crippen LogP contribution in [0.4, 0.5) is 11.5 Å². The van der Waals surface area contributed by atoms with Crippen LogP contribution in [0.2, 0.25) is 0 Å². The maximum absolute atomic E-state index is 11.9. The summed E-state index contributed by atoms with van der Waals surface area (Å²) in [5, 5.41) is 12.9. The number of carbonyl (C=O) groups excluding carboxylic acids is 1. The van der Waals surface area contributed by atoms with Crippen molar-refractivity contribution in [3.63, 3.8) is 0 Å². The quantitative estimate of drug-likeness (QED) is 0.291. The van der Waals surface area contributed by atoms with E-state index in [1.807, 2.05) is 24.3 Å². The summed E-state index contributed by atoms with van der Waals surface area (Å²) in [6.07, 6.45) is 6.05. The van der Waals surface area contributed by atoms with Crippen LogP contribution in [0.15, 0.2) is 42.6 Å². The van der Waals surface area contributed by atoms with Gasteiger partial charge in [-0.3, -0.25) is 19.2 Å². The van der Waals surface area contributed by atoms with E-state index in [0.717, 1.165) is 11.3 Å². The Hall–Kier alpha value is -2.69. The molecule has 0 aliphatic carbocycles. The number of benzene rings is 1. The summed E-state index contributed by atoms with van der Waals surface area (Å²) in [6.45, 7) is 1.39. The second kappa shape index (κ2) is 9.00. The lowest BCUT2D eigenvalue weighted by Crippen LogP contribution is -2.46. The molecular weight excluding hydrogens is 382 g/mol. The Morgan fingerprint density at radius 2 is 2.04 bits per heavy atom. The van der Waals surface area contributed by atoms with Crippen molar-refractivity contribution in [2.45, 2.75) is 18.9 Å². The first kappa shape index (κ1) is 20.1. The molecule has 3 N–H and O–H groups in total. The molecule has 28 heavy (non-hydrogen) atoms. The van der Waals surface area contributed by atoms with Crippen molar-refractivity contribution in [2.24, 2.45) is 7.05 Å². The largest absolute Gasteiger partial charge is 0.371 e. The van der Waals surface area contributed by atoms with Crippen LogP contribution in [0.3, 0.4) is 0 Å². The first-order valence-corrected chi connectivity index (χ1v) is 9.92. The van der Waals surface area contributed by atoms with Gasteiger partial charge in [0.2, 0.25) is 0 Å². The minimum Gasteiger partial charge on any atom is -0.371 e. The lowest BCUT2D eigenvalue weighted by Gasteiger charge is -2.38. The highest BCUT2D eigenvalue weighted by molar-refractivity contribution is 7.80. The molecule has 0 spiro atoms. The molecule has 150 valence electrons. The molecular formula is C18H23N5O4S. The number of para-hydroxylation sites is 1. The summed E-state index contributed by atoms with van der Waals surface area (Å²) in [7, 11) is 1.77. The van der Waals surface area contributed by atoms with Gasteiger partial charge in [-0.2, -0.15) is 5.10 Å². The number of nitrogens with zero attached hydrogens (tertiary/aromatic N) is 4. The number of hydrogen-bond donors (Lipinski definition) is 3. The number of aromatic nitrogens is 2. The van der Waals surface area contributed by atoms with Crippen LogP contribution in [-0.2, 0) is 23.1 Å². The second-order valence-corrected chi connectivity index (χ2v) is 7.35. The normalized spacial score (nSPS) is 16.3. The molecule has 2 heterocycles. The van der Waals surface area contributed by atoms with Gasteiger partial charge in [0.25, 0.3) is 17.2 Å². The van der Waals surface area contributed by atoms with Gasteiger partial charge in [0.1, 0.15) is 0 Å². The zero-order chi connectivity index (χ0) is 20.1. The predicted molar refractivity (Wildman–Crippen MR) is 107 cm³/mol. The Labute approximate surface area is 165 Å². The van der Waals surface area contributed by atoms with E-state index in [0.29, 0.717) is 31.7 Å². The number of hydrogen-bond acceptors (Lipinski definition) is 5. The molecule has 1 unspecified atom stereocenters. The molecule has 0 bridgehead atoms. The molecule has 0 saturated carbocycles. The average Bonchev–Trinajstić information content (AvgIpc) is 3.12. The summed E-state index contributed by atoms with van der Waals surface area (Å²) < 4.78 is 24.7. The van der Waals surface area contributed by atoms with Crippen LogP contribution >= 0.6 is 0 Å². The monoisotopic (exact) mass is 405 g/mol. The van der Waals surface area contributed by atoms with Crippen molar-refractivity contribution in [1.82, 2.24) is 15.3 Å².